The van der Waals surface area contributed by atoms with Crippen LogP contribution in [-0.2, 0) is 13.1 Å². The smallest absolute Gasteiger partial charge is 0.276 e. The van der Waals surface area contributed by atoms with E-state index in [9.17, 15) is 9.59 Å². The second kappa shape index (κ2) is 7.94. The molecule has 8 heteroatoms. The van der Waals surface area contributed by atoms with Crippen LogP contribution in [0.4, 0.5) is 5.95 Å². The minimum Gasteiger partial charge on any atom is -0.298 e. The highest BCUT2D eigenvalue weighted by Gasteiger charge is 2.18. The van der Waals surface area contributed by atoms with Gasteiger partial charge in [-0.25, -0.2) is 9.97 Å². The molecule has 0 aliphatic rings. The molecule has 27 heavy (non-hydrogen) atoms. The van der Waals surface area contributed by atoms with Crippen LogP contribution in [0.15, 0.2) is 30.5 Å². The average Bonchev–Trinajstić information content (AvgIpc) is 3.21. The van der Waals surface area contributed by atoms with Gasteiger partial charge >= 0.3 is 0 Å². The Morgan fingerprint density at radius 1 is 1.26 bits per heavy atom. The van der Waals surface area contributed by atoms with Crippen molar-refractivity contribution in [3.05, 3.63) is 47.4 Å². The van der Waals surface area contributed by atoms with Crippen molar-refractivity contribution in [1.82, 2.24) is 24.3 Å². The largest absolute Gasteiger partial charge is 0.298 e. The molecular formula is C19H22N6O2. The highest BCUT2D eigenvalue weighted by atomic mass is 16.2. The van der Waals surface area contributed by atoms with Gasteiger partial charge in [-0.1, -0.05) is 19.1 Å². The van der Waals surface area contributed by atoms with Gasteiger partial charge in [0.25, 0.3) is 5.91 Å². The zero-order chi connectivity index (χ0) is 19.4. The predicted molar refractivity (Wildman–Crippen MR) is 103 cm³/mol. The van der Waals surface area contributed by atoms with Gasteiger partial charge in [0.15, 0.2) is 11.9 Å². The van der Waals surface area contributed by atoms with Crippen molar-refractivity contribution in [3.8, 4) is 0 Å². The van der Waals surface area contributed by atoms with E-state index < -0.39 is 0 Å². The first-order chi connectivity index (χ1) is 13.1. The summed E-state index contributed by atoms with van der Waals surface area (Å²) in [6.45, 7) is 6.93. The lowest BCUT2D eigenvalue weighted by Gasteiger charge is -2.08. The van der Waals surface area contributed by atoms with Crippen molar-refractivity contribution in [2.45, 2.75) is 40.3 Å². The molecule has 0 saturated carbocycles. The van der Waals surface area contributed by atoms with Crippen LogP contribution in [0.2, 0.25) is 0 Å². The first kappa shape index (κ1) is 18.5. The maximum atomic E-state index is 12.8. The standard InChI is InChI=1S/C19H22N6O2/c1-4-6-7-8-24-17-15(10-14(12-26)11-20-17)21-19(24)22-18(27)16-9-13(3)23-25(16)5-2/h6-7,9-12H,4-5,8H2,1-3H3,(H,21,22,27)/b7-6+. The van der Waals surface area contributed by atoms with Crippen molar-refractivity contribution in [2.24, 2.45) is 0 Å². The van der Waals surface area contributed by atoms with E-state index in [-0.39, 0.29) is 5.91 Å². The summed E-state index contributed by atoms with van der Waals surface area (Å²) in [5.74, 6) is 0.0943. The van der Waals surface area contributed by atoms with E-state index in [1.54, 1.807) is 16.8 Å². The third-order valence-corrected chi connectivity index (χ3v) is 4.09. The van der Waals surface area contributed by atoms with Gasteiger partial charge in [-0.15, -0.1) is 0 Å². The molecule has 0 aliphatic heterocycles. The van der Waals surface area contributed by atoms with Crippen molar-refractivity contribution in [1.29, 1.82) is 0 Å². The summed E-state index contributed by atoms with van der Waals surface area (Å²) in [6, 6.07) is 3.40. The molecule has 1 N–H and O–H groups in total. The predicted octanol–water partition coefficient (Wildman–Crippen LogP) is 2.99. The number of pyridine rings is 1. The molecule has 8 nitrogen and oxygen atoms in total. The molecule has 0 bridgehead atoms. The number of carbonyl (C=O) groups excluding carboxylic acids is 2. The maximum Gasteiger partial charge on any atom is 0.276 e. The van der Waals surface area contributed by atoms with Gasteiger partial charge in [-0.3, -0.25) is 24.2 Å². The number of rotatable bonds is 7. The molecule has 3 rings (SSSR count). The number of aryl methyl sites for hydroxylation is 2. The summed E-state index contributed by atoms with van der Waals surface area (Å²) in [4.78, 5) is 32.6. The lowest BCUT2D eigenvalue weighted by atomic mass is 10.3. The van der Waals surface area contributed by atoms with E-state index in [4.69, 9.17) is 0 Å². The Labute approximate surface area is 156 Å². The maximum absolute atomic E-state index is 12.8. The van der Waals surface area contributed by atoms with Crippen molar-refractivity contribution in [2.75, 3.05) is 5.32 Å². The number of nitrogens with one attached hydrogen (secondary N) is 1. The average molecular weight is 366 g/mol. The number of nitrogens with zero attached hydrogens (tertiary/aromatic N) is 5. The number of imidazole rings is 1. The molecule has 0 saturated heterocycles. The van der Waals surface area contributed by atoms with E-state index in [0.717, 1.165) is 18.4 Å². The molecule has 0 spiro atoms. The molecule has 0 aliphatic carbocycles. The topological polar surface area (TPSA) is 94.7 Å². The molecule has 0 unspecified atom stereocenters. The van der Waals surface area contributed by atoms with Crippen LogP contribution >= 0.6 is 0 Å². The van der Waals surface area contributed by atoms with Crippen LogP contribution < -0.4 is 5.32 Å². The summed E-state index contributed by atoms with van der Waals surface area (Å²) in [5.41, 5.74) is 2.85. The number of aldehydes is 1. The Kier molecular flexibility index (Phi) is 5.44. The molecule has 0 aromatic carbocycles. The molecule has 0 radical (unpaired) electrons. The fourth-order valence-electron chi connectivity index (χ4n) is 2.84. The number of fused-ring (bicyclic) bond motifs is 1. The Morgan fingerprint density at radius 2 is 2.07 bits per heavy atom. The van der Waals surface area contributed by atoms with E-state index in [1.165, 1.54) is 6.20 Å². The highest BCUT2D eigenvalue weighted by molar-refractivity contribution is 6.03. The van der Waals surface area contributed by atoms with Crippen LogP contribution in [-0.4, -0.2) is 36.5 Å². The van der Waals surface area contributed by atoms with Crippen LogP contribution in [0.25, 0.3) is 11.2 Å². The second-order valence-corrected chi connectivity index (χ2v) is 6.10. The van der Waals surface area contributed by atoms with Crippen molar-refractivity contribution < 1.29 is 9.59 Å². The van der Waals surface area contributed by atoms with Gasteiger partial charge in [-0.2, -0.15) is 5.10 Å². The first-order valence-corrected chi connectivity index (χ1v) is 8.89. The SMILES string of the molecule is CC/C=C/Cn1c(NC(=O)c2cc(C)nn2CC)nc2cc(C=O)cnc21. The normalized spacial score (nSPS) is 11.4. The molecule has 3 heterocycles. The third-order valence-electron chi connectivity index (χ3n) is 4.09. The number of amides is 1. The summed E-state index contributed by atoms with van der Waals surface area (Å²) < 4.78 is 3.46. The molecule has 3 aromatic heterocycles. The fourth-order valence-corrected chi connectivity index (χ4v) is 2.84. The van der Waals surface area contributed by atoms with E-state index in [0.29, 0.717) is 41.5 Å². The summed E-state index contributed by atoms with van der Waals surface area (Å²) >= 11 is 0. The van der Waals surface area contributed by atoms with E-state index in [2.05, 4.69) is 20.4 Å². The number of hydrogen-bond acceptors (Lipinski definition) is 5. The van der Waals surface area contributed by atoms with E-state index >= 15 is 0 Å². The van der Waals surface area contributed by atoms with Gasteiger partial charge in [0.2, 0.25) is 5.95 Å². The molecule has 0 atom stereocenters. The van der Waals surface area contributed by atoms with Gasteiger partial charge in [-0.05, 0) is 32.4 Å². The Morgan fingerprint density at radius 3 is 2.78 bits per heavy atom. The van der Waals surface area contributed by atoms with Crippen LogP contribution in [0.3, 0.4) is 0 Å². The lowest BCUT2D eigenvalue weighted by molar-refractivity contribution is 0.101. The molecule has 140 valence electrons. The van der Waals surface area contributed by atoms with Gasteiger partial charge in [0.05, 0.1) is 5.69 Å². The number of anilines is 1. The minimum atomic E-state index is -0.288. The van der Waals surface area contributed by atoms with Gasteiger partial charge < -0.3 is 0 Å². The Balaban J connectivity index is 2.00. The van der Waals surface area contributed by atoms with E-state index in [1.807, 2.05) is 37.5 Å². The monoisotopic (exact) mass is 366 g/mol. The zero-order valence-corrected chi connectivity index (χ0v) is 15.6. The second-order valence-electron chi connectivity index (χ2n) is 6.10. The van der Waals surface area contributed by atoms with Crippen LogP contribution in [0, 0.1) is 6.92 Å². The quantitative estimate of drug-likeness (QED) is 0.512. The number of hydrogen-bond donors (Lipinski definition) is 1. The molecule has 1 amide bonds. The van der Waals surface area contributed by atoms with Crippen molar-refractivity contribution in [3.63, 3.8) is 0 Å². The van der Waals surface area contributed by atoms with Crippen molar-refractivity contribution >= 4 is 29.3 Å². The fraction of sp³-hybridized carbons (Fsp3) is 0.316. The molecule has 3 aromatic rings. The van der Waals surface area contributed by atoms with Gasteiger partial charge in [0.1, 0.15) is 11.2 Å². The Bertz CT molecular complexity index is 1010. The minimum absolute atomic E-state index is 0.288. The summed E-state index contributed by atoms with van der Waals surface area (Å²) in [6.07, 6.45) is 7.16. The number of allylic oxidation sites excluding steroid dienone is 2. The van der Waals surface area contributed by atoms with Crippen LogP contribution in [0.5, 0.6) is 0 Å². The number of carbonyl (C=O) groups is 2. The highest BCUT2D eigenvalue weighted by Crippen LogP contribution is 2.20. The van der Waals surface area contributed by atoms with Gasteiger partial charge in [0, 0.05) is 24.8 Å². The lowest BCUT2D eigenvalue weighted by Crippen LogP contribution is -2.19. The zero-order valence-electron chi connectivity index (χ0n) is 15.6. The number of aromatic nitrogens is 5. The summed E-state index contributed by atoms with van der Waals surface area (Å²) in [5, 5.41) is 7.17. The molecule has 0 fully saturated rings. The Hall–Kier alpha value is -3.29. The molecular weight excluding hydrogens is 344 g/mol. The van der Waals surface area contributed by atoms with Crippen LogP contribution in [0.1, 0.15) is 46.8 Å². The summed E-state index contributed by atoms with van der Waals surface area (Å²) in [7, 11) is 0. The first-order valence-electron chi connectivity index (χ1n) is 8.89. The third kappa shape index (κ3) is 3.79.